The molecule has 0 aliphatic carbocycles. The molecule has 0 atom stereocenters. The van der Waals surface area contributed by atoms with Gasteiger partial charge in [0.05, 0.1) is 0 Å². The molecule has 0 saturated heterocycles. The Balaban J connectivity index is 2.50. The topological polar surface area (TPSA) is 26.0 Å². The molecule has 0 aliphatic rings. The fraction of sp³-hybridized carbons (Fsp3) is 0.143. The van der Waals surface area contributed by atoms with Crippen molar-refractivity contribution in [2.75, 3.05) is 5.73 Å². The number of anilines is 1. The molecule has 0 fully saturated rings. The number of alkyl halides is 2. The van der Waals surface area contributed by atoms with E-state index in [4.69, 9.17) is 5.73 Å². The van der Waals surface area contributed by atoms with Crippen LogP contribution in [0.5, 0.6) is 0 Å². The maximum absolute atomic E-state index is 14.2. The van der Waals surface area contributed by atoms with Crippen molar-refractivity contribution in [2.45, 2.75) is 12.8 Å². The summed E-state index contributed by atoms with van der Waals surface area (Å²) in [5, 5.41) is 0. The Morgan fingerprint density at radius 1 is 1.00 bits per heavy atom. The van der Waals surface area contributed by atoms with Crippen molar-refractivity contribution < 1.29 is 13.2 Å². The summed E-state index contributed by atoms with van der Waals surface area (Å²) in [6, 6.07) is 8.81. The SMILES string of the molecule is Cc1cc(C(F)(F)c2cccc(N)c2)ccc1F. The summed E-state index contributed by atoms with van der Waals surface area (Å²) in [4.78, 5) is 0. The number of halogens is 3. The van der Waals surface area contributed by atoms with Crippen LogP contribution in [-0.2, 0) is 5.92 Å². The summed E-state index contributed by atoms with van der Waals surface area (Å²) in [6.45, 7) is 1.45. The van der Waals surface area contributed by atoms with E-state index < -0.39 is 11.7 Å². The van der Waals surface area contributed by atoms with Crippen molar-refractivity contribution in [1.29, 1.82) is 0 Å². The lowest BCUT2D eigenvalue weighted by Crippen LogP contribution is -2.15. The van der Waals surface area contributed by atoms with Gasteiger partial charge in [0, 0.05) is 16.8 Å². The Hall–Kier alpha value is -1.97. The zero-order valence-corrected chi connectivity index (χ0v) is 9.75. The van der Waals surface area contributed by atoms with E-state index in [0.29, 0.717) is 0 Å². The van der Waals surface area contributed by atoms with Crippen LogP contribution < -0.4 is 5.73 Å². The van der Waals surface area contributed by atoms with Crippen molar-refractivity contribution in [3.05, 3.63) is 65.0 Å². The number of nitrogen functional groups attached to an aromatic ring is 1. The highest BCUT2D eigenvalue weighted by Gasteiger charge is 2.34. The smallest absolute Gasteiger partial charge is 0.298 e. The van der Waals surface area contributed by atoms with E-state index in [1.54, 1.807) is 0 Å². The predicted molar refractivity (Wildman–Crippen MR) is 65.0 cm³/mol. The van der Waals surface area contributed by atoms with Gasteiger partial charge >= 0.3 is 0 Å². The van der Waals surface area contributed by atoms with Crippen LogP contribution in [0.2, 0.25) is 0 Å². The zero-order chi connectivity index (χ0) is 13.3. The first-order valence-electron chi connectivity index (χ1n) is 5.42. The van der Waals surface area contributed by atoms with Crippen LogP contribution in [0.15, 0.2) is 42.5 Å². The fourth-order valence-electron chi connectivity index (χ4n) is 1.74. The van der Waals surface area contributed by atoms with Gasteiger partial charge in [-0.2, -0.15) is 8.78 Å². The molecule has 0 saturated carbocycles. The van der Waals surface area contributed by atoms with Crippen molar-refractivity contribution in [1.82, 2.24) is 0 Å². The number of benzene rings is 2. The summed E-state index contributed by atoms with van der Waals surface area (Å²) in [5.41, 5.74) is 5.51. The molecular formula is C14H12F3N. The molecule has 1 nitrogen and oxygen atoms in total. The predicted octanol–water partition coefficient (Wildman–Crippen LogP) is 3.86. The van der Waals surface area contributed by atoms with Gasteiger partial charge in [0.1, 0.15) is 5.82 Å². The maximum atomic E-state index is 14.2. The molecular weight excluding hydrogens is 239 g/mol. The maximum Gasteiger partial charge on any atom is 0.298 e. The van der Waals surface area contributed by atoms with E-state index in [0.717, 1.165) is 18.2 Å². The minimum atomic E-state index is -3.19. The number of hydrogen-bond acceptors (Lipinski definition) is 1. The minimum absolute atomic E-state index is 0.191. The standard InChI is InChI=1S/C14H12F3N/c1-9-7-11(5-6-13(9)15)14(16,17)10-3-2-4-12(18)8-10/h2-8H,18H2,1H3. The van der Waals surface area contributed by atoms with E-state index in [2.05, 4.69) is 0 Å². The third-order valence-corrected chi connectivity index (χ3v) is 2.77. The molecule has 0 bridgehead atoms. The molecule has 0 spiro atoms. The van der Waals surface area contributed by atoms with Crippen molar-refractivity contribution in [3.8, 4) is 0 Å². The van der Waals surface area contributed by atoms with Crippen LogP contribution in [0.3, 0.4) is 0 Å². The average molecular weight is 251 g/mol. The van der Waals surface area contributed by atoms with Crippen LogP contribution in [0.25, 0.3) is 0 Å². The molecule has 0 radical (unpaired) electrons. The quantitative estimate of drug-likeness (QED) is 0.806. The fourth-order valence-corrected chi connectivity index (χ4v) is 1.74. The lowest BCUT2D eigenvalue weighted by Gasteiger charge is -2.18. The van der Waals surface area contributed by atoms with E-state index in [9.17, 15) is 13.2 Å². The molecule has 0 heterocycles. The van der Waals surface area contributed by atoms with Crippen molar-refractivity contribution in [2.24, 2.45) is 0 Å². The van der Waals surface area contributed by atoms with E-state index >= 15 is 0 Å². The summed E-state index contributed by atoms with van der Waals surface area (Å²) < 4.78 is 41.5. The highest BCUT2D eigenvalue weighted by molar-refractivity contribution is 5.45. The number of hydrogen-bond donors (Lipinski definition) is 1. The Labute approximate surface area is 103 Å². The van der Waals surface area contributed by atoms with Crippen LogP contribution in [-0.4, -0.2) is 0 Å². The van der Waals surface area contributed by atoms with Crippen LogP contribution in [0.1, 0.15) is 16.7 Å². The summed E-state index contributed by atoms with van der Waals surface area (Å²) >= 11 is 0. The number of aryl methyl sites for hydroxylation is 1. The number of rotatable bonds is 2. The number of nitrogens with two attached hydrogens (primary N) is 1. The van der Waals surface area contributed by atoms with Gasteiger partial charge in [-0.3, -0.25) is 0 Å². The summed E-state index contributed by atoms with van der Waals surface area (Å²) in [6.07, 6.45) is 0. The molecule has 0 aliphatic heterocycles. The zero-order valence-electron chi connectivity index (χ0n) is 9.75. The van der Waals surface area contributed by atoms with Gasteiger partial charge in [0.2, 0.25) is 0 Å². The average Bonchev–Trinajstić information content (AvgIpc) is 2.32. The first-order chi connectivity index (χ1) is 8.41. The lowest BCUT2D eigenvalue weighted by molar-refractivity contribution is 0.0427. The van der Waals surface area contributed by atoms with E-state index in [-0.39, 0.29) is 22.4 Å². The molecule has 2 rings (SSSR count). The van der Waals surface area contributed by atoms with Gasteiger partial charge in [0.15, 0.2) is 0 Å². The molecule has 0 amide bonds. The van der Waals surface area contributed by atoms with Gasteiger partial charge < -0.3 is 5.73 Å². The summed E-state index contributed by atoms with van der Waals surface area (Å²) in [7, 11) is 0. The monoisotopic (exact) mass is 251 g/mol. The molecule has 94 valence electrons. The largest absolute Gasteiger partial charge is 0.399 e. The molecule has 2 N–H and O–H groups in total. The third kappa shape index (κ3) is 2.18. The second-order valence-electron chi connectivity index (χ2n) is 4.16. The van der Waals surface area contributed by atoms with Crippen LogP contribution in [0, 0.1) is 12.7 Å². The van der Waals surface area contributed by atoms with E-state index in [1.165, 1.54) is 31.2 Å². The Morgan fingerprint density at radius 3 is 2.28 bits per heavy atom. The first-order valence-corrected chi connectivity index (χ1v) is 5.42. The van der Waals surface area contributed by atoms with Crippen molar-refractivity contribution in [3.63, 3.8) is 0 Å². The molecule has 0 aromatic heterocycles. The molecule has 18 heavy (non-hydrogen) atoms. The van der Waals surface area contributed by atoms with E-state index in [1.807, 2.05) is 0 Å². The first kappa shape index (κ1) is 12.5. The van der Waals surface area contributed by atoms with Gasteiger partial charge in [-0.15, -0.1) is 0 Å². The Kier molecular flexibility index (Phi) is 3.03. The second kappa shape index (κ2) is 4.37. The minimum Gasteiger partial charge on any atom is -0.399 e. The van der Waals surface area contributed by atoms with Crippen molar-refractivity contribution >= 4 is 5.69 Å². The van der Waals surface area contributed by atoms with Gasteiger partial charge in [0.25, 0.3) is 5.92 Å². The molecule has 2 aromatic rings. The molecule has 2 aromatic carbocycles. The normalized spacial score (nSPS) is 11.6. The van der Waals surface area contributed by atoms with Gasteiger partial charge in [-0.1, -0.05) is 12.1 Å². The Bertz CT molecular complexity index is 579. The third-order valence-electron chi connectivity index (χ3n) is 2.77. The molecule has 4 heteroatoms. The van der Waals surface area contributed by atoms with Crippen LogP contribution in [0.4, 0.5) is 18.9 Å². The highest BCUT2D eigenvalue weighted by atomic mass is 19.3. The second-order valence-corrected chi connectivity index (χ2v) is 4.16. The van der Waals surface area contributed by atoms with Gasteiger partial charge in [-0.25, -0.2) is 4.39 Å². The molecule has 0 unspecified atom stereocenters. The highest BCUT2D eigenvalue weighted by Crippen LogP contribution is 2.36. The van der Waals surface area contributed by atoms with Crippen LogP contribution >= 0.6 is 0 Å². The summed E-state index contributed by atoms with van der Waals surface area (Å²) in [5.74, 6) is -3.68. The van der Waals surface area contributed by atoms with Gasteiger partial charge in [-0.05, 0) is 42.8 Å². The lowest BCUT2D eigenvalue weighted by atomic mass is 9.98. The Morgan fingerprint density at radius 2 is 1.67 bits per heavy atom.